The van der Waals surface area contributed by atoms with Crippen molar-refractivity contribution in [2.45, 2.75) is 33.7 Å². The Bertz CT molecular complexity index is 841. The first-order chi connectivity index (χ1) is 11.8. The third-order valence-electron chi connectivity index (χ3n) is 3.62. The van der Waals surface area contributed by atoms with E-state index in [1.54, 1.807) is 6.92 Å². The Morgan fingerprint density at radius 2 is 1.80 bits per heavy atom. The number of hydrogen-bond acceptors (Lipinski definition) is 3. The lowest BCUT2D eigenvalue weighted by Gasteiger charge is -2.17. The van der Waals surface area contributed by atoms with E-state index in [2.05, 4.69) is 11.9 Å². The summed E-state index contributed by atoms with van der Waals surface area (Å²) in [6.45, 7) is 11.1. The van der Waals surface area contributed by atoms with Gasteiger partial charge in [0.1, 0.15) is 0 Å². The molecule has 0 aliphatic carbocycles. The lowest BCUT2D eigenvalue weighted by atomic mass is 10.1. The highest BCUT2D eigenvalue weighted by atomic mass is 35.5. The number of allylic oxidation sites excluding steroid dienone is 5. The Morgan fingerprint density at radius 3 is 2.28 bits per heavy atom. The zero-order valence-corrected chi connectivity index (χ0v) is 15.9. The van der Waals surface area contributed by atoms with E-state index in [1.165, 1.54) is 0 Å². The van der Waals surface area contributed by atoms with Gasteiger partial charge in [0.05, 0.1) is 5.69 Å². The van der Waals surface area contributed by atoms with Gasteiger partial charge in [0.15, 0.2) is 0 Å². The Kier molecular flexibility index (Phi) is 8.09. The van der Waals surface area contributed by atoms with E-state index in [1.807, 2.05) is 69.3 Å². The molecule has 0 heterocycles. The summed E-state index contributed by atoms with van der Waals surface area (Å²) in [5.74, 6) is 0. The molecule has 0 aliphatic heterocycles. The maximum Gasteiger partial charge on any atom is 0.249 e. The molecule has 0 amide bonds. The van der Waals surface area contributed by atoms with Gasteiger partial charge in [0.25, 0.3) is 0 Å². The van der Waals surface area contributed by atoms with E-state index in [-0.39, 0.29) is 11.5 Å². The monoisotopic (exact) mass is 357 g/mol. The summed E-state index contributed by atoms with van der Waals surface area (Å²) in [6, 6.07) is 9.84. The molecule has 2 rings (SSSR count). The van der Waals surface area contributed by atoms with Crippen molar-refractivity contribution in [3.8, 4) is 0 Å². The lowest BCUT2D eigenvalue weighted by molar-refractivity contribution is 0.875. The van der Waals surface area contributed by atoms with Crippen molar-refractivity contribution in [3.63, 3.8) is 0 Å². The molecule has 0 spiro atoms. The molecule has 0 unspecified atom stereocenters. The minimum atomic E-state index is -0.403. The van der Waals surface area contributed by atoms with E-state index in [4.69, 9.17) is 11.6 Å². The fourth-order valence-corrected chi connectivity index (χ4v) is 2.45. The van der Waals surface area contributed by atoms with Crippen LogP contribution in [0.5, 0.6) is 0 Å². The van der Waals surface area contributed by atoms with Crippen LogP contribution in [0.3, 0.4) is 0 Å². The van der Waals surface area contributed by atoms with Gasteiger partial charge in [-0.3, -0.25) is 9.59 Å². The highest BCUT2D eigenvalue weighted by Crippen LogP contribution is 2.18. The van der Waals surface area contributed by atoms with Gasteiger partial charge in [-0.2, -0.15) is 0 Å². The van der Waals surface area contributed by atoms with Crippen LogP contribution in [0.1, 0.15) is 37.9 Å². The van der Waals surface area contributed by atoms with Crippen LogP contribution in [0.25, 0.3) is 0 Å². The second-order valence-corrected chi connectivity index (χ2v) is 6.26. The zero-order valence-electron chi connectivity index (χ0n) is 15.1. The molecule has 0 aliphatic rings. The van der Waals surface area contributed by atoms with Crippen LogP contribution in [0.15, 0.2) is 75.3 Å². The highest BCUT2D eigenvalue weighted by Gasteiger charge is 2.18. The molecule has 0 saturated heterocycles. The van der Waals surface area contributed by atoms with Crippen LogP contribution >= 0.6 is 11.6 Å². The van der Waals surface area contributed by atoms with Gasteiger partial charge in [-0.05, 0) is 39.3 Å². The number of halogens is 1. The number of hydrogen-bond donors (Lipinski definition) is 1. The van der Waals surface area contributed by atoms with Crippen molar-refractivity contribution in [1.82, 2.24) is 0 Å². The van der Waals surface area contributed by atoms with Crippen molar-refractivity contribution in [3.05, 3.63) is 97.3 Å². The van der Waals surface area contributed by atoms with Crippen LogP contribution in [-0.2, 0) is 0 Å². The summed E-state index contributed by atoms with van der Waals surface area (Å²) in [5, 5.41) is 3.65. The van der Waals surface area contributed by atoms with Crippen molar-refractivity contribution in [2.75, 3.05) is 5.32 Å². The average molecular weight is 358 g/mol. The van der Waals surface area contributed by atoms with Crippen molar-refractivity contribution in [1.29, 1.82) is 0 Å². The number of benzene rings is 1. The maximum absolute atomic E-state index is 11.3. The number of rotatable bonds is 5. The predicted octanol–water partition coefficient (Wildman–Crippen LogP) is 5.03. The molecule has 0 bridgehead atoms. The summed E-state index contributed by atoms with van der Waals surface area (Å²) >= 11 is 5.50. The average Bonchev–Trinajstić information content (AvgIpc) is 2.59. The molecule has 3 nitrogen and oxygen atoms in total. The highest BCUT2D eigenvalue weighted by molar-refractivity contribution is 6.30. The topological polar surface area (TPSA) is 46.2 Å². The Labute approximate surface area is 154 Å². The first-order valence-corrected chi connectivity index (χ1v) is 8.42. The SMILES string of the molecule is C=C(Cl)/C=C(C)\C=C/C.Cc1c(N[C@H](C)c2ccccc2)c(=O)c1=O. The molecule has 2 aromatic rings. The van der Waals surface area contributed by atoms with Crippen LogP contribution < -0.4 is 16.2 Å². The maximum atomic E-state index is 11.3. The van der Waals surface area contributed by atoms with Crippen molar-refractivity contribution >= 4 is 17.3 Å². The third kappa shape index (κ3) is 6.20. The predicted molar refractivity (Wildman–Crippen MR) is 108 cm³/mol. The summed E-state index contributed by atoms with van der Waals surface area (Å²) in [6.07, 6.45) is 5.76. The van der Waals surface area contributed by atoms with Crippen molar-refractivity contribution in [2.24, 2.45) is 0 Å². The minimum Gasteiger partial charge on any atom is -0.375 e. The largest absolute Gasteiger partial charge is 0.375 e. The summed E-state index contributed by atoms with van der Waals surface area (Å²) in [5.41, 5.74) is 2.43. The van der Waals surface area contributed by atoms with E-state index in [0.717, 1.165) is 11.1 Å². The lowest BCUT2D eigenvalue weighted by Crippen LogP contribution is -2.37. The smallest absolute Gasteiger partial charge is 0.249 e. The first kappa shape index (κ1) is 20.7. The van der Waals surface area contributed by atoms with Gasteiger partial charge in [0.2, 0.25) is 10.9 Å². The van der Waals surface area contributed by atoms with Gasteiger partial charge < -0.3 is 5.32 Å². The molecule has 2 aromatic carbocycles. The van der Waals surface area contributed by atoms with Crippen molar-refractivity contribution < 1.29 is 0 Å². The van der Waals surface area contributed by atoms with Gasteiger partial charge >= 0.3 is 0 Å². The van der Waals surface area contributed by atoms with Crippen LogP contribution in [0.2, 0.25) is 0 Å². The molecule has 132 valence electrons. The number of nitrogens with one attached hydrogen (secondary N) is 1. The molecule has 25 heavy (non-hydrogen) atoms. The second-order valence-electron chi connectivity index (χ2n) is 5.77. The summed E-state index contributed by atoms with van der Waals surface area (Å²) < 4.78 is 0. The van der Waals surface area contributed by atoms with Crippen LogP contribution in [-0.4, -0.2) is 0 Å². The van der Waals surface area contributed by atoms with E-state index < -0.39 is 5.43 Å². The quantitative estimate of drug-likeness (QED) is 0.603. The zero-order chi connectivity index (χ0) is 19.0. The molecule has 1 N–H and O–H groups in total. The van der Waals surface area contributed by atoms with E-state index >= 15 is 0 Å². The van der Waals surface area contributed by atoms with Gasteiger partial charge in [-0.25, -0.2) is 0 Å². The summed E-state index contributed by atoms with van der Waals surface area (Å²) in [4.78, 5) is 22.3. The Balaban J connectivity index is 0.000000299. The fourth-order valence-electron chi connectivity index (χ4n) is 2.28. The molecule has 4 heteroatoms. The molecular formula is C21H24ClNO2. The normalized spacial score (nSPS) is 12.6. The van der Waals surface area contributed by atoms with E-state index in [9.17, 15) is 9.59 Å². The first-order valence-electron chi connectivity index (χ1n) is 8.04. The molecular weight excluding hydrogens is 334 g/mol. The second kappa shape index (κ2) is 9.80. The Hall–Kier alpha value is -2.39. The van der Waals surface area contributed by atoms with Gasteiger partial charge in [0, 0.05) is 16.6 Å². The van der Waals surface area contributed by atoms with E-state index in [0.29, 0.717) is 16.3 Å². The van der Waals surface area contributed by atoms with Crippen LogP contribution in [0, 0.1) is 6.92 Å². The standard InChI is InChI=1S/C13H13NO2.C8H11Cl/c1-8-11(13(16)12(8)15)14-9(2)10-6-4-3-5-7-10;1-4-5-7(2)6-8(3)9/h3-7,9,14H,1-2H3;4-6H,3H2,1-2H3/b;5-4-,7-6-/t9-;/m1./s1. The fraction of sp³-hybridized carbons (Fsp3) is 0.238. The Morgan fingerprint density at radius 1 is 1.20 bits per heavy atom. The van der Waals surface area contributed by atoms with Gasteiger partial charge in [-0.15, -0.1) is 0 Å². The number of anilines is 1. The molecule has 0 radical (unpaired) electrons. The van der Waals surface area contributed by atoms with Crippen LogP contribution in [0.4, 0.5) is 5.69 Å². The molecule has 0 fully saturated rings. The minimum absolute atomic E-state index is 0.0307. The molecule has 0 saturated carbocycles. The molecule has 1 atom stereocenters. The summed E-state index contributed by atoms with van der Waals surface area (Å²) in [7, 11) is 0. The molecule has 0 aromatic heterocycles. The third-order valence-corrected chi connectivity index (χ3v) is 3.73. The van der Waals surface area contributed by atoms with Gasteiger partial charge in [-0.1, -0.05) is 66.2 Å².